The second kappa shape index (κ2) is 5.89. The summed E-state index contributed by atoms with van der Waals surface area (Å²) in [7, 11) is 0. The van der Waals surface area contributed by atoms with Crippen LogP contribution < -0.4 is 0 Å². The lowest BCUT2D eigenvalue weighted by atomic mass is 10.1. The highest BCUT2D eigenvalue weighted by Gasteiger charge is 2.08. The van der Waals surface area contributed by atoms with Crippen LogP contribution >= 0.6 is 27.5 Å². The molecular formula is C14H16BrClN2. The van der Waals surface area contributed by atoms with Gasteiger partial charge in [-0.1, -0.05) is 53.5 Å². The third-order valence-electron chi connectivity index (χ3n) is 2.64. The van der Waals surface area contributed by atoms with Crippen LogP contribution in [0.5, 0.6) is 0 Å². The Balaban J connectivity index is 2.13. The lowest BCUT2D eigenvalue weighted by molar-refractivity contribution is 0.608. The summed E-state index contributed by atoms with van der Waals surface area (Å²) in [6, 6.07) is 10.2. The number of halogens is 2. The van der Waals surface area contributed by atoms with E-state index in [9.17, 15) is 0 Å². The van der Waals surface area contributed by atoms with Crippen LogP contribution in [0.4, 0.5) is 0 Å². The van der Waals surface area contributed by atoms with Gasteiger partial charge in [-0.3, -0.25) is 0 Å². The minimum absolute atomic E-state index is 0.595. The molecule has 0 spiro atoms. The lowest BCUT2D eigenvalue weighted by Gasteiger charge is -2.04. The number of rotatable bonds is 4. The second-order valence-electron chi connectivity index (χ2n) is 4.84. The predicted octanol–water partition coefficient (Wildman–Crippen LogP) is 4.55. The fourth-order valence-corrected chi connectivity index (χ4v) is 2.32. The molecule has 0 aliphatic rings. The second-order valence-corrected chi connectivity index (χ2v) is 6.14. The van der Waals surface area contributed by atoms with Gasteiger partial charge in [-0.15, -0.1) is 0 Å². The maximum Gasteiger partial charge on any atom is 0.127 e. The van der Waals surface area contributed by atoms with Gasteiger partial charge < -0.3 is 0 Å². The number of benzene rings is 1. The lowest BCUT2D eigenvalue weighted by Crippen LogP contribution is -2.03. The van der Waals surface area contributed by atoms with Crippen LogP contribution in [-0.2, 0) is 13.0 Å². The van der Waals surface area contributed by atoms with Crippen LogP contribution in [0, 0.1) is 5.92 Å². The summed E-state index contributed by atoms with van der Waals surface area (Å²) < 4.78 is 2.93. The van der Waals surface area contributed by atoms with Gasteiger partial charge in [0.15, 0.2) is 0 Å². The van der Waals surface area contributed by atoms with Gasteiger partial charge in [-0.25, -0.2) is 4.68 Å². The Kier molecular flexibility index (Phi) is 4.46. The zero-order valence-corrected chi connectivity index (χ0v) is 12.9. The predicted molar refractivity (Wildman–Crippen MR) is 79.0 cm³/mol. The highest BCUT2D eigenvalue weighted by Crippen LogP contribution is 2.17. The maximum atomic E-state index is 6.20. The summed E-state index contributed by atoms with van der Waals surface area (Å²) in [5.41, 5.74) is 2.26. The van der Waals surface area contributed by atoms with Crippen molar-refractivity contribution in [2.45, 2.75) is 26.8 Å². The van der Waals surface area contributed by atoms with Crippen molar-refractivity contribution in [3.63, 3.8) is 0 Å². The van der Waals surface area contributed by atoms with Crippen LogP contribution in [0.2, 0.25) is 5.15 Å². The minimum atomic E-state index is 0.595. The molecule has 18 heavy (non-hydrogen) atoms. The maximum absolute atomic E-state index is 6.20. The van der Waals surface area contributed by atoms with E-state index >= 15 is 0 Å². The SMILES string of the molecule is CC(C)Cc1cc(Cl)n(Cc2ccc(Br)cc2)n1. The van der Waals surface area contributed by atoms with Crippen molar-refractivity contribution in [2.75, 3.05) is 0 Å². The molecule has 0 saturated heterocycles. The standard InChI is InChI=1S/C14H16BrClN2/c1-10(2)7-13-8-14(16)18(17-13)9-11-3-5-12(15)6-4-11/h3-6,8,10H,7,9H2,1-2H3. The van der Waals surface area contributed by atoms with Crippen molar-refractivity contribution >= 4 is 27.5 Å². The molecular weight excluding hydrogens is 312 g/mol. The van der Waals surface area contributed by atoms with Crippen molar-refractivity contribution in [1.29, 1.82) is 0 Å². The zero-order valence-electron chi connectivity index (χ0n) is 10.5. The average Bonchev–Trinajstić information content (AvgIpc) is 2.61. The van der Waals surface area contributed by atoms with E-state index < -0.39 is 0 Å². The molecule has 2 nitrogen and oxygen atoms in total. The van der Waals surface area contributed by atoms with E-state index in [1.165, 1.54) is 5.56 Å². The van der Waals surface area contributed by atoms with Crippen molar-refractivity contribution < 1.29 is 0 Å². The first-order valence-corrected chi connectivity index (χ1v) is 7.18. The Morgan fingerprint density at radius 3 is 2.56 bits per heavy atom. The van der Waals surface area contributed by atoms with E-state index in [0.29, 0.717) is 17.6 Å². The fraction of sp³-hybridized carbons (Fsp3) is 0.357. The highest BCUT2D eigenvalue weighted by atomic mass is 79.9. The quantitative estimate of drug-likeness (QED) is 0.806. The molecule has 1 aromatic heterocycles. The third kappa shape index (κ3) is 3.59. The molecule has 0 saturated carbocycles. The smallest absolute Gasteiger partial charge is 0.127 e. The molecule has 1 aromatic carbocycles. The average molecular weight is 328 g/mol. The summed E-state index contributed by atoms with van der Waals surface area (Å²) in [5.74, 6) is 0.595. The number of aromatic nitrogens is 2. The molecule has 0 bridgehead atoms. The molecule has 0 aliphatic heterocycles. The van der Waals surface area contributed by atoms with Gasteiger partial charge in [0, 0.05) is 4.47 Å². The van der Waals surface area contributed by atoms with Crippen LogP contribution in [0.1, 0.15) is 25.1 Å². The van der Waals surface area contributed by atoms with Crippen LogP contribution in [0.25, 0.3) is 0 Å². The zero-order chi connectivity index (χ0) is 13.1. The van der Waals surface area contributed by atoms with E-state index in [4.69, 9.17) is 11.6 Å². The Bertz CT molecular complexity index is 517. The van der Waals surface area contributed by atoms with Gasteiger partial charge in [-0.05, 0) is 36.1 Å². The molecule has 0 N–H and O–H groups in total. The molecule has 1 heterocycles. The van der Waals surface area contributed by atoms with Gasteiger partial charge in [0.05, 0.1) is 12.2 Å². The summed E-state index contributed by atoms with van der Waals surface area (Å²) in [5, 5.41) is 5.24. The fourth-order valence-electron chi connectivity index (χ4n) is 1.84. The Morgan fingerprint density at radius 2 is 1.94 bits per heavy atom. The Morgan fingerprint density at radius 1 is 1.28 bits per heavy atom. The Labute approximate surface area is 121 Å². The molecule has 96 valence electrons. The first kappa shape index (κ1) is 13.6. The molecule has 0 aliphatic carbocycles. The number of hydrogen-bond acceptors (Lipinski definition) is 1. The third-order valence-corrected chi connectivity index (χ3v) is 3.48. The summed E-state index contributed by atoms with van der Waals surface area (Å²) >= 11 is 9.63. The van der Waals surface area contributed by atoms with E-state index in [1.54, 1.807) is 0 Å². The van der Waals surface area contributed by atoms with Crippen LogP contribution in [0.3, 0.4) is 0 Å². The van der Waals surface area contributed by atoms with E-state index in [0.717, 1.165) is 16.6 Å². The number of hydrogen-bond donors (Lipinski definition) is 0. The highest BCUT2D eigenvalue weighted by molar-refractivity contribution is 9.10. The molecule has 0 atom stereocenters. The van der Waals surface area contributed by atoms with Crippen LogP contribution in [0.15, 0.2) is 34.8 Å². The molecule has 0 radical (unpaired) electrons. The first-order chi connectivity index (χ1) is 8.54. The first-order valence-electron chi connectivity index (χ1n) is 6.01. The molecule has 2 rings (SSSR count). The van der Waals surface area contributed by atoms with Crippen molar-refractivity contribution in [1.82, 2.24) is 9.78 Å². The van der Waals surface area contributed by atoms with Crippen molar-refractivity contribution in [3.8, 4) is 0 Å². The van der Waals surface area contributed by atoms with Gasteiger partial charge in [0.25, 0.3) is 0 Å². The van der Waals surface area contributed by atoms with Crippen molar-refractivity contribution in [3.05, 3.63) is 51.2 Å². The van der Waals surface area contributed by atoms with E-state index in [-0.39, 0.29) is 0 Å². The van der Waals surface area contributed by atoms with Gasteiger partial charge in [-0.2, -0.15) is 5.10 Å². The topological polar surface area (TPSA) is 17.8 Å². The molecule has 2 aromatic rings. The van der Waals surface area contributed by atoms with Crippen LogP contribution in [-0.4, -0.2) is 9.78 Å². The van der Waals surface area contributed by atoms with Gasteiger partial charge in [0.2, 0.25) is 0 Å². The normalized spacial score (nSPS) is 11.2. The summed E-state index contributed by atoms with van der Waals surface area (Å²) in [6.07, 6.45) is 0.965. The summed E-state index contributed by atoms with van der Waals surface area (Å²) in [6.45, 7) is 5.08. The van der Waals surface area contributed by atoms with E-state index in [1.807, 2.05) is 22.9 Å². The molecule has 0 fully saturated rings. The number of nitrogens with zero attached hydrogens (tertiary/aromatic N) is 2. The minimum Gasteiger partial charge on any atom is -0.249 e. The molecule has 0 unspecified atom stereocenters. The van der Waals surface area contributed by atoms with Gasteiger partial charge >= 0.3 is 0 Å². The van der Waals surface area contributed by atoms with Gasteiger partial charge in [0.1, 0.15) is 5.15 Å². The summed E-state index contributed by atoms with van der Waals surface area (Å²) in [4.78, 5) is 0. The molecule has 4 heteroatoms. The monoisotopic (exact) mass is 326 g/mol. The Hall–Kier alpha value is -0.800. The largest absolute Gasteiger partial charge is 0.249 e. The van der Waals surface area contributed by atoms with E-state index in [2.05, 4.69) is 47.0 Å². The van der Waals surface area contributed by atoms with Crippen molar-refractivity contribution in [2.24, 2.45) is 5.92 Å². The molecule has 0 amide bonds.